The first-order valence-corrected chi connectivity index (χ1v) is 8.33. The van der Waals surface area contributed by atoms with E-state index in [2.05, 4.69) is 46.6 Å². The lowest BCUT2D eigenvalue weighted by Crippen LogP contribution is -2.44. The van der Waals surface area contributed by atoms with Gasteiger partial charge in [-0.15, -0.1) is 11.3 Å². The Labute approximate surface area is 121 Å². The van der Waals surface area contributed by atoms with Gasteiger partial charge in [-0.1, -0.05) is 13.0 Å². The van der Waals surface area contributed by atoms with Crippen LogP contribution in [0.2, 0.25) is 0 Å². The molecule has 4 heteroatoms. The van der Waals surface area contributed by atoms with Crippen molar-refractivity contribution in [3.63, 3.8) is 0 Å². The van der Waals surface area contributed by atoms with E-state index in [1.165, 1.54) is 37.4 Å². The molecular formula is C15H27N3S. The molecule has 0 amide bonds. The molecule has 0 bridgehead atoms. The highest BCUT2D eigenvalue weighted by molar-refractivity contribution is 7.09. The molecule has 1 aliphatic heterocycles. The van der Waals surface area contributed by atoms with Crippen LogP contribution in [0, 0.1) is 0 Å². The van der Waals surface area contributed by atoms with E-state index < -0.39 is 0 Å². The Morgan fingerprint density at radius 1 is 1.42 bits per heavy atom. The molecule has 0 unspecified atom stereocenters. The number of rotatable bonds is 7. The molecule has 0 spiro atoms. The van der Waals surface area contributed by atoms with E-state index in [0.717, 1.165) is 25.7 Å². The number of piperidine rings is 1. The predicted molar refractivity (Wildman–Crippen MR) is 83.8 cm³/mol. The molecule has 1 aromatic heterocycles. The van der Waals surface area contributed by atoms with Gasteiger partial charge in [-0.2, -0.15) is 0 Å². The van der Waals surface area contributed by atoms with Gasteiger partial charge in [-0.25, -0.2) is 0 Å². The van der Waals surface area contributed by atoms with Gasteiger partial charge in [0.1, 0.15) is 0 Å². The van der Waals surface area contributed by atoms with E-state index in [0.29, 0.717) is 0 Å². The Hall–Kier alpha value is -0.420. The maximum Gasteiger partial charge on any atom is 0.0300 e. The van der Waals surface area contributed by atoms with Crippen molar-refractivity contribution in [2.75, 3.05) is 39.8 Å². The van der Waals surface area contributed by atoms with Gasteiger partial charge in [0, 0.05) is 30.6 Å². The van der Waals surface area contributed by atoms with Crippen molar-refractivity contribution in [1.29, 1.82) is 0 Å². The van der Waals surface area contributed by atoms with Crippen molar-refractivity contribution in [1.82, 2.24) is 15.1 Å². The lowest BCUT2D eigenvalue weighted by Gasteiger charge is -2.36. The Bertz CT molecular complexity index is 331. The van der Waals surface area contributed by atoms with Crippen LogP contribution >= 0.6 is 11.3 Å². The largest absolute Gasteiger partial charge is 0.311 e. The van der Waals surface area contributed by atoms with Crippen molar-refractivity contribution >= 4 is 11.3 Å². The van der Waals surface area contributed by atoms with Crippen molar-refractivity contribution in [3.05, 3.63) is 22.4 Å². The summed E-state index contributed by atoms with van der Waals surface area (Å²) in [6, 6.07) is 5.10. The molecule has 0 aromatic carbocycles. The molecule has 3 nitrogen and oxygen atoms in total. The highest BCUT2D eigenvalue weighted by Crippen LogP contribution is 2.14. The zero-order valence-corrected chi connectivity index (χ0v) is 13.1. The lowest BCUT2D eigenvalue weighted by molar-refractivity contribution is 0.132. The maximum absolute atomic E-state index is 3.54. The van der Waals surface area contributed by atoms with Crippen LogP contribution in [-0.4, -0.2) is 55.6 Å². The molecule has 1 N–H and O–H groups in total. The van der Waals surface area contributed by atoms with Crippen molar-refractivity contribution in [2.24, 2.45) is 0 Å². The van der Waals surface area contributed by atoms with Gasteiger partial charge in [0.25, 0.3) is 0 Å². The molecule has 108 valence electrons. The fourth-order valence-electron chi connectivity index (χ4n) is 2.74. The van der Waals surface area contributed by atoms with Gasteiger partial charge in [-0.05, 0) is 51.0 Å². The molecule has 1 fully saturated rings. The van der Waals surface area contributed by atoms with Crippen LogP contribution in [-0.2, 0) is 6.54 Å². The van der Waals surface area contributed by atoms with Crippen LogP contribution in [0.3, 0.4) is 0 Å². The monoisotopic (exact) mass is 281 g/mol. The fourth-order valence-corrected chi connectivity index (χ4v) is 3.41. The molecule has 1 aromatic rings. The average Bonchev–Trinajstić information content (AvgIpc) is 2.96. The van der Waals surface area contributed by atoms with Crippen LogP contribution in [0.25, 0.3) is 0 Å². The number of nitrogens with one attached hydrogen (secondary N) is 1. The second-order valence-electron chi connectivity index (χ2n) is 5.40. The fraction of sp³-hybridized carbons (Fsp3) is 0.733. The summed E-state index contributed by atoms with van der Waals surface area (Å²) in [4.78, 5) is 6.52. The SMILES string of the molecule is CCN1CCC(N(C)CCNCc2cccs2)CC1. The van der Waals surface area contributed by atoms with Gasteiger partial charge in [0.05, 0.1) is 0 Å². The van der Waals surface area contributed by atoms with Gasteiger partial charge < -0.3 is 15.1 Å². The lowest BCUT2D eigenvalue weighted by atomic mass is 10.0. The van der Waals surface area contributed by atoms with Crippen LogP contribution in [0.15, 0.2) is 17.5 Å². The second-order valence-corrected chi connectivity index (χ2v) is 6.43. The van der Waals surface area contributed by atoms with E-state index in [9.17, 15) is 0 Å². The topological polar surface area (TPSA) is 18.5 Å². The van der Waals surface area contributed by atoms with Crippen LogP contribution < -0.4 is 5.32 Å². The molecular weight excluding hydrogens is 254 g/mol. The number of hydrogen-bond donors (Lipinski definition) is 1. The van der Waals surface area contributed by atoms with E-state index >= 15 is 0 Å². The summed E-state index contributed by atoms with van der Waals surface area (Å²) in [5.74, 6) is 0. The predicted octanol–water partition coefficient (Wildman–Crippen LogP) is 2.25. The normalized spacial score (nSPS) is 18.3. The highest BCUT2D eigenvalue weighted by Gasteiger charge is 2.20. The first kappa shape index (κ1) is 15.0. The molecule has 0 radical (unpaired) electrons. The second kappa shape index (κ2) is 8.00. The zero-order valence-electron chi connectivity index (χ0n) is 12.3. The molecule has 1 saturated heterocycles. The van der Waals surface area contributed by atoms with Gasteiger partial charge in [-0.3, -0.25) is 0 Å². The van der Waals surface area contributed by atoms with Gasteiger partial charge >= 0.3 is 0 Å². The summed E-state index contributed by atoms with van der Waals surface area (Å²) in [6.45, 7) is 9.27. The number of likely N-dealkylation sites (N-methyl/N-ethyl adjacent to an activating group) is 1. The van der Waals surface area contributed by atoms with E-state index in [4.69, 9.17) is 0 Å². The number of nitrogens with zero attached hydrogens (tertiary/aromatic N) is 2. The number of hydrogen-bond acceptors (Lipinski definition) is 4. The minimum Gasteiger partial charge on any atom is -0.311 e. The van der Waals surface area contributed by atoms with Crippen molar-refractivity contribution < 1.29 is 0 Å². The van der Waals surface area contributed by atoms with Crippen LogP contribution in [0.1, 0.15) is 24.6 Å². The molecule has 19 heavy (non-hydrogen) atoms. The molecule has 1 aliphatic rings. The first-order chi connectivity index (χ1) is 9.29. The quantitative estimate of drug-likeness (QED) is 0.774. The molecule has 0 saturated carbocycles. The Balaban J connectivity index is 1.58. The Kier molecular flexibility index (Phi) is 6.31. The van der Waals surface area contributed by atoms with Crippen LogP contribution in [0.4, 0.5) is 0 Å². The third-order valence-corrected chi connectivity index (χ3v) is 5.02. The summed E-state index contributed by atoms with van der Waals surface area (Å²) in [7, 11) is 2.28. The summed E-state index contributed by atoms with van der Waals surface area (Å²) < 4.78 is 0. The third-order valence-electron chi connectivity index (χ3n) is 4.15. The van der Waals surface area contributed by atoms with E-state index in [1.54, 1.807) is 0 Å². The molecule has 0 atom stereocenters. The van der Waals surface area contributed by atoms with Gasteiger partial charge in [0.2, 0.25) is 0 Å². The average molecular weight is 281 g/mol. The minimum atomic E-state index is 0.784. The molecule has 2 heterocycles. The number of likely N-dealkylation sites (tertiary alicyclic amines) is 1. The zero-order chi connectivity index (χ0) is 13.5. The third kappa shape index (κ3) is 4.88. The maximum atomic E-state index is 3.54. The molecule has 0 aliphatic carbocycles. The summed E-state index contributed by atoms with van der Waals surface area (Å²) in [5.41, 5.74) is 0. The minimum absolute atomic E-state index is 0.784. The van der Waals surface area contributed by atoms with Crippen LogP contribution in [0.5, 0.6) is 0 Å². The van der Waals surface area contributed by atoms with Gasteiger partial charge in [0.15, 0.2) is 0 Å². The van der Waals surface area contributed by atoms with Crippen molar-refractivity contribution in [3.8, 4) is 0 Å². The smallest absolute Gasteiger partial charge is 0.0300 e. The Morgan fingerprint density at radius 3 is 2.84 bits per heavy atom. The summed E-state index contributed by atoms with van der Waals surface area (Å²) in [5, 5.41) is 5.68. The first-order valence-electron chi connectivity index (χ1n) is 7.45. The van der Waals surface area contributed by atoms with E-state index in [-0.39, 0.29) is 0 Å². The summed E-state index contributed by atoms with van der Waals surface area (Å²) in [6.07, 6.45) is 2.66. The summed E-state index contributed by atoms with van der Waals surface area (Å²) >= 11 is 1.83. The number of thiophene rings is 1. The van der Waals surface area contributed by atoms with E-state index in [1.807, 2.05) is 11.3 Å². The standard InChI is InChI=1S/C15H27N3S/c1-3-18-9-6-14(7-10-18)17(2)11-8-16-13-15-5-4-12-19-15/h4-5,12,14,16H,3,6-11,13H2,1-2H3. The van der Waals surface area contributed by atoms with Crippen molar-refractivity contribution in [2.45, 2.75) is 32.4 Å². The Morgan fingerprint density at radius 2 is 2.21 bits per heavy atom. The highest BCUT2D eigenvalue weighted by atomic mass is 32.1. The molecule has 2 rings (SSSR count).